The lowest BCUT2D eigenvalue weighted by Crippen LogP contribution is -2.42. The standard InChI is InChI=1S/C25H32BrFO2Si/c1-24(2,3)30(6,7)29-18-25(4,5)14-13-21-22(26)15-20(27)16-23(21)28-17-19-11-9-8-10-12-19/h8-12,15-16H,17-18H2,1-7H3. The van der Waals surface area contributed by atoms with Gasteiger partial charge in [-0.25, -0.2) is 4.39 Å². The first kappa shape index (κ1) is 24.7. The average molecular weight is 492 g/mol. The minimum atomic E-state index is -1.85. The summed E-state index contributed by atoms with van der Waals surface area (Å²) in [6, 6.07) is 12.6. The van der Waals surface area contributed by atoms with Gasteiger partial charge < -0.3 is 9.16 Å². The number of rotatable bonds is 6. The minimum Gasteiger partial charge on any atom is -0.487 e. The molecule has 0 aliphatic rings. The van der Waals surface area contributed by atoms with E-state index in [0.29, 0.717) is 29.0 Å². The highest BCUT2D eigenvalue weighted by Gasteiger charge is 2.38. The molecular weight excluding hydrogens is 459 g/mol. The van der Waals surface area contributed by atoms with Crippen LogP contribution in [0.4, 0.5) is 4.39 Å². The molecule has 0 atom stereocenters. The maximum atomic E-state index is 14.0. The van der Waals surface area contributed by atoms with E-state index < -0.39 is 8.32 Å². The molecule has 0 spiro atoms. The van der Waals surface area contributed by atoms with Crippen LogP contribution in [0, 0.1) is 23.1 Å². The van der Waals surface area contributed by atoms with Gasteiger partial charge in [0.05, 0.1) is 5.56 Å². The van der Waals surface area contributed by atoms with Gasteiger partial charge in [0.2, 0.25) is 0 Å². The molecule has 0 amide bonds. The van der Waals surface area contributed by atoms with Crippen LogP contribution >= 0.6 is 15.9 Å². The highest BCUT2D eigenvalue weighted by molar-refractivity contribution is 9.10. The van der Waals surface area contributed by atoms with Gasteiger partial charge in [-0.15, -0.1) is 0 Å². The van der Waals surface area contributed by atoms with Gasteiger partial charge in [-0.2, -0.15) is 0 Å². The molecule has 0 aliphatic heterocycles. The Bertz CT molecular complexity index is 922. The first-order valence-electron chi connectivity index (χ1n) is 10.1. The topological polar surface area (TPSA) is 18.5 Å². The molecule has 0 saturated heterocycles. The fourth-order valence-electron chi connectivity index (χ4n) is 2.37. The van der Waals surface area contributed by atoms with Gasteiger partial charge in [-0.05, 0) is 59.5 Å². The van der Waals surface area contributed by atoms with Crippen molar-refractivity contribution in [2.45, 2.75) is 59.4 Å². The molecule has 30 heavy (non-hydrogen) atoms. The zero-order valence-electron chi connectivity index (χ0n) is 19.0. The maximum Gasteiger partial charge on any atom is 0.192 e. The van der Waals surface area contributed by atoms with Gasteiger partial charge in [0.25, 0.3) is 0 Å². The van der Waals surface area contributed by atoms with Crippen LogP contribution in [0.1, 0.15) is 45.7 Å². The van der Waals surface area contributed by atoms with Crippen molar-refractivity contribution in [2.24, 2.45) is 5.41 Å². The Balaban J connectivity index is 2.22. The molecule has 2 nitrogen and oxygen atoms in total. The fourth-order valence-corrected chi connectivity index (χ4v) is 4.03. The highest BCUT2D eigenvalue weighted by atomic mass is 79.9. The predicted molar refractivity (Wildman–Crippen MR) is 129 cm³/mol. The molecule has 0 fully saturated rings. The van der Waals surface area contributed by atoms with Crippen molar-refractivity contribution >= 4 is 24.2 Å². The quantitative estimate of drug-likeness (QED) is 0.307. The van der Waals surface area contributed by atoms with Crippen molar-refractivity contribution in [3.63, 3.8) is 0 Å². The van der Waals surface area contributed by atoms with Crippen LogP contribution in [0.5, 0.6) is 5.75 Å². The Kier molecular flexibility index (Phi) is 7.95. The van der Waals surface area contributed by atoms with Crippen molar-refractivity contribution in [1.82, 2.24) is 0 Å². The minimum absolute atomic E-state index is 0.148. The van der Waals surface area contributed by atoms with E-state index in [1.54, 1.807) is 0 Å². The van der Waals surface area contributed by atoms with Crippen LogP contribution < -0.4 is 4.74 Å². The first-order chi connectivity index (χ1) is 13.8. The summed E-state index contributed by atoms with van der Waals surface area (Å²) in [7, 11) is -1.85. The van der Waals surface area contributed by atoms with Crippen molar-refractivity contribution in [3.05, 3.63) is 63.9 Å². The van der Waals surface area contributed by atoms with E-state index in [1.165, 1.54) is 12.1 Å². The van der Waals surface area contributed by atoms with E-state index in [4.69, 9.17) is 9.16 Å². The Morgan fingerprint density at radius 3 is 2.27 bits per heavy atom. The molecule has 5 heteroatoms. The fraction of sp³-hybridized carbons (Fsp3) is 0.440. The summed E-state index contributed by atoms with van der Waals surface area (Å²) in [6.45, 7) is 16.2. The monoisotopic (exact) mass is 490 g/mol. The third-order valence-electron chi connectivity index (χ3n) is 5.38. The molecule has 0 heterocycles. The Morgan fingerprint density at radius 1 is 1.03 bits per heavy atom. The number of ether oxygens (including phenoxy) is 1. The third kappa shape index (κ3) is 6.97. The molecule has 2 rings (SSSR count). The van der Waals surface area contributed by atoms with Gasteiger partial charge >= 0.3 is 0 Å². The van der Waals surface area contributed by atoms with E-state index in [0.717, 1.165) is 5.56 Å². The summed E-state index contributed by atoms with van der Waals surface area (Å²) in [5.41, 5.74) is 1.31. The normalized spacial score (nSPS) is 12.3. The van der Waals surface area contributed by atoms with Gasteiger partial charge in [0, 0.05) is 22.6 Å². The van der Waals surface area contributed by atoms with E-state index >= 15 is 0 Å². The van der Waals surface area contributed by atoms with Crippen molar-refractivity contribution in [3.8, 4) is 17.6 Å². The first-order valence-corrected chi connectivity index (χ1v) is 13.8. The lowest BCUT2D eigenvalue weighted by Gasteiger charge is -2.38. The molecule has 2 aromatic carbocycles. The summed E-state index contributed by atoms with van der Waals surface area (Å²) in [6.07, 6.45) is 0. The second kappa shape index (κ2) is 9.68. The second-order valence-electron chi connectivity index (χ2n) is 9.72. The highest BCUT2D eigenvalue weighted by Crippen LogP contribution is 2.37. The average Bonchev–Trinajstić information content (AvgIpc) is 2.64. The molecular formula is C25H32BrFO2Si. The summed E-state index contributed by atoms with van der Waals surface area (Å²) in [4.78, 5) is 0. The number of hydrogen-bond acceptors (Lipinski definition) is 2. The summed E-state index contributed by atoms with van der Waals surface area (Å²) in [5, 5.41) is 0.148. The molecule has 0 radical (unpaired) electrons. The molecule has 162 valence electrons. The zero-order valence-corrected chi connectivity index (χ0v) is 21.6. The SMILES string of the molecule is CC(C)(C#Cc1c(Br)cc(F)cc1OCc1ccccc1)CO[Si](C)(C)C(C)(C)C. The molecule has 0 N–H and O–H groups in total. The van der Waals surface area contributed by atoms with Crippen LogP contribution in [0.3, 0.4) is 0 Å². The number of benzene rings is 2. The molecule has 2 aromatic rings. The lowest BCUT2D eigenvalue weighted by molar-refractivity contribution is 0.209. The lowest BCUT2D eigenvalue weighted by atomic mass is 9.95. The van der Waals surface area contributed by atoms with Crippen LogP contribution in [0.2, 0.25) is 18.1 Å². The van der Waals surface area contributed by atoms with Crippen molar-refractivity contribution in [2.75, 3.05) is 6.61 Å². The Hall–Kier alpha value is -1.61. The van der Waals surface area contributed by atoms with E-state index in [9.17, 15) is 4.39 Å². The zero-order chi connectivity index (χ0) is 22.6. The maximum absolute atomic E-state index is 14.0. The Morgan fingerprint density at radius 2 is 1.67 bits per heavy atom. The van der Waals surface area contributed by atoms with Gasteiger partial charge in [0.15, 0.2) is 8.32 Å². The number of hydrogen-bond donors (Lipinski definition) is 0. The molecule has 0 unspecified atom stereocenters. The summed E-state index contributed by atoms with van der Waals surface area (Å²) < 4.78 is 26.9. The van der Waals surface area contributed by atoms with Crippen molar-refractivity contribution in [1.29, 1.82) is 0 Å². The Labute approximate surface area is 190 Å². The molecule has 0 aromatic heterocycles. The van der Waals surface area contributed by atoms with Gasteiger partial charge in [0.1, 0.15) is 18.2 Å². The van der Waals surface area contributed by atoms with Crippen LogP contribution in [-0.4, -0.2) is 14.9 Å². The molecule has 0 aliphatic carbocycles. The molecule has 0 saturated carbocycles. The van der Waals surface area contributed by atoms with Crippen molar-refractivity contribution < 1.29 is 13.6 Å². The van der Waals surface area contributed by atoms with Gasteiger partial charge in [-0.1, -0.05) is 62.9 Å². The van der Waals surface area contributed by atoms with Crippen LogP contribution in [0.15, 0.2) is 46.9 Å². The predicted octanol–water partition coefficient (Wildman–Crippen LogP) is 7.57. The number of halogens is 2. The second-order valence-corrected chi connectivity index (χ2v) is 15.4. The van der Waals surface area contributed by atoms with Crippen LogP contribution in [-0.2, 0) is 11.0 Å². The third-order valence-corrected chi connectivity index (χ3v) is 10.5. The largest absolute Gasteiger partial charge is 0.487 e. The summed E-state index contributed by atoms with van der Waals surface area (Å²) >= 11 is 3.44. The van der Waals surface area contributed by atoms with E-state index in [2.05, 4.69) is 75.5 Å². The van der Waals surface area contributed by atoms with E-state index in [1.807, 2.05) is 30.3 Å². The smallest absolute Gasteiger partial charge is 0.192 e. The molecule has 0 bridgehead atoms. The van der Waals surface area contributed by atoms with E-state index in [-0.39, 0.29) is 16.3 Å². The van der Waals surface area contributed by atoms with Crippen LogP contribution in [0.25, 0.3) is 0 Å². The summed E-state index contributed by atoms with van der Waals surface area (Å²) in [5.74, 6) is 6.59. The van der Waals surface area contributed by atoms with Gasteiger partial charge in [-0.3, -0.25) is 0 Å².